The lowest BCUT2D eigenvalue weighted by atomic mass is 9.89. The third-order valence-corrected chi connectivity index (χ3v) is 7.08. The number of amides is 1. The van der Waals surface area contributed by atoms with Crippen LogP contribution >= 0.6 is 11.6 Å². The maximum atomic E-state index is 13.5. The zero-order chi connectivity index (χ0) is 25.4. The second-order valence-corrected chi connectivity index (χ2v) is 9.75. The first kappa shape index (κ1) is 25.1. The number of aromatic nitrogens is 2. The molecule has 0 radical (unpaired) electrons. The zero-order valence-electron chi connectivity index (χ0n) is 19.1. The third kappa shape index (κ3) is 5.70. The fourth-order valence-corrected chi connectivity index (χ4v) is 5.26. The van der Waals surface area contributed by atoms with Gasteiger partial charge in [0, 0.05) is 18.3 Å². The Morgan fingerprint density at radius 3 is 2.56 bits per heavy atom. The summed E-state index contributed by atoms with van der Waals surface area (Å²) in [4.78, 5) is 14.7. The lowest BCUT2D eigenvalue weighted by molar-refractivity contribution is -0.353. The van der Waals surface area contributed by atoms with Gasteiger partial charge < -0.3 is 19.7 Å². The van der Waals surface area contributed by atoms with Crippen LogP contribution in [0.25, 0.3) is 0 Å². The average molecular weight is 533 g/mol. The predicted octanol–water partition coefficient (Wildman–Crippen LogP) is 3.85. The molecular formula is C23H25ClF4N4O4. The van der Waals surface area contributed by atoms with Crippen LogP contribution in [0.3, 0.4) is 0 Å². The van der Waals surface area contributed by atoms with Crippen molar-refractivity contribution in [1.29, 1.82) is 0 Å². The van der Waals surface area contributed by atoms with Crippen LogP contribution in [-0.4, -0.2) is 66.1 Å². The summed E-state index contributed by atoms with van der Waals surface area (Å²) in [5, 5.41) is 7.35. The normalized spacial score (nSPS) is 27.9. The number of alkyl halides is 3. The van der Waals surface area contributed by atoms with E-state index in [1.807, 2.05) is 6.20 Å². The molecule has 0 spiro atoms. The van der Waals surface area contributed by atoms with E-state index >= 15 is 0 Å². The van der Waals surface area contributed by atoms with Crippen LogP contribution in [0, 0.1) is 5.82 Å². The van der Waals surface area contributed by atoms with E-state index in [-0.39, 0.29) is 60.3 Å². The van der Waals surface area contributed by atoms with E-state index in [0.717, 1.165) is 11.8 Å². The number of morpholine rings is 1. The number of rotatable bonds is 7. The lowest BCUT2D eigenvalue weighted by Gasteiger charge is -2.49. The molecule has 5 rings (SSSR count). The van der Waals surface area contributed by atoms with Gasteiger partial charge in [-0.15, -0.1) is 13.2 Å². The Hall–Kier alpha value is -2.57. The second kappa shape index (κ2) is 10.1. The van der Waals surface area contributed by atoms with Gasteiger partial charge in [0.2, 0.25) is 0 Å². The highest BCUT2D eigenvalue weighted by atomic mass is 35.5. The standard InChI is InChI=1S/C23H25ClF4N4O4/c24-20-2-1-18(7-21(20)25)35-12-22(33)30-13-3-15-10-34-11-16(4-13)32(15)17-8-29-31(9-17)14-5-19(6-14)36-23(26,27)28/h1-2,7-9,13-16,19H,3-6,10-12H2,(H,30,33)/t13?,14?,15-,16?,19?/m0/s1. The molecule has 13 heteroatoms. The number of anilines is 1. The van der Waals surface area contributed by atoms with E-state index in [4.69, 9.17) is 21.1 Å². The largest absolute Gasteiger partial charge is 0.522 e. The first-order valence-corrected chi connectivity index (χ1v) is 12.0. The molecule has 3 fully saturated rings. The molecule has 2 saturated heterocycles. The number of hydrogen-bond donors (Lipinski definition) is 1. The average Bonchev–Trinajstić information content (AvgIpc) is 3.25. The molecule has 2 aromatic rings. The van der Waals surface area contributed by atoms with Gasteiger partial charge in [0.1, 0.15) is 11.6 Å². The van der Waals surface area contributed by atoms with Crippen LogP contribution in [0.1, 0.15) is 31.7 Å². The number of hydrogen-bond acceptors (Lipinski definition) is 6. The van der Waals surface area contributed by atoms with Gasteiger partial charge in [0.15, 0.2) is 6.61 Å². The summed E-state index contributed by atoms with van der Waals surface area (Å²) in [6, 6.07) is 3.79. The number of piperidine rings is 1. The minimum atomic E-state index is -4.62. The molecule has 2 bridgehead atoms. The first-order valence-electron chi connectivity index (χ1n) is 11.7. The Morgan fingerprint density at radius 1 is 1.17 bits per heavy atom. The van der Waals surface area contributed by atoms with Crippen molar-refractivity contribution in [3.63, 3.8) is 0 Å². The summed E-state index contributed by atoms with van der Waals surface area (Å²) in [6.45, 7) is 0.722. The van der Waals surface area contributed by atoms with Crippen LogP contribution < -0.4 is 15.0 Å². The minimum absolute atomic E-state index is 0.00873. The van der Waals surface area contributed by atoms with Crippen LogP contribution in [-0.2, 0) is 14.3 Å². The van der Waals surface area contributed by atoms with Gasteiger partial charge >= 0.3 is 6.36 Å². The van der Waals surface area contributed by atoms with Gasteiger partial charge in [-0.25, -0.2) is 4.39 Å². The summed E-state index contributed by atoms with van der Waals surface area (Å²) >= 11 is 5.66. The van der Waals surface area contributed by atoms with E-state index in [1.54, 1.807) is 10.9 Å². The molecule has 1 aromatic heterocycles. The Bertz CT molecular complexity index is 1080. The molecule has 2 unspecified atom stereocenters. The van der Waals surface area contributed by atoms with Gasteiger partial charge in [-0.1, -0.05) is 11.6 Å². The zero-order valence-corrected chi connectivity index (χ0v) is 19.8. The Morgan fingerprint density at radius 2 is 1.89 bits per heavy atom. The third-order valence-electron chi connectivity index (χ3n) is 6.78. The summed E-state index contributed by atoms with van der Waals surface area (Å²) in [5.41, 5.74) is 0.881. The summed E-state index contributed by atoms with van der Waals surface area (Å²) < 4.78 is 67.6. The van der Waals surface area contributed by atoms with Crippen molar-refractivity contribution in [2.24, 2.45) is 0 Å². The highest BCUT2D eigenvalue weighted by Crippen LogP contribution is 2.39. The quantitative estimate of drug-likeness (QED) is 0.546. The van der Waals surface area contributed by atoms with Gasteiger partial charge in [-0.3, -0.25) is 14.2 Å². The maximum Gasteiger partial charge on any atom is 0.522 e. The van der Waals surface area contributed by atoms with E-state index in [2.05, 4.69) is 20.1 Å². The fraction of sp³-hybridized carbons (Fsp3) is 0.565. The highest BCUT2D eigenvalue weighted by molar-refractivity contribution is 6.30. The number of carbonyl (C=O) groups is 1. The molecule has 1 amide bonds. The van der Waals surface area contributed by atoms with Crippen molar-refractivity contribution >= 4 is 23.2 Å². The van der Waals surface area contributed by atoms with E-state index in [9.17, 15) is 22.4 Å². The monoisotopic (exact) mass is 532 g/mol. The van der Waals surface area contributed by atoms with Crippen molar-refractivity contribution in [3.8, 4) is 5.75 Å². The number of nitrogens with zero attached hydrogens (tertiary/aromatic N) is 3. The van der Waals surface area contributed by atoms with Crippen LogP contribution in [0.15, 0.2) is 30.6 Å². The maximum absolute atomic E-state index is 13.5. The summed E-state index contributed by atoms with van der Waals surface area (Å²) in [5.74, 6) is -0.715. The lowest BCUT2D eigenvalue weighted by Crippen LogP contribution is -2.61. The summed E-state index contributed by atoms with van der Waals surface area (Å²) in [6.07, 6.45) is -0.0641. The molecule has 3 atom stereocenters. The predicted molar refractivity (Wildman–Crippen MR) is 120 cm³/mol. The fourth-order valence-electron chi connectivity index (χ4n) is 5.14. The summed E-state index contributed by atoms with van der Waals surface area (Å²) in [7, 11) is 0. The molecule has 3 heterocycles. The molecule has 1 N–H and O–H groups in total. The van der Waals surface area contributed by atoms with Gasteiger partial charge in [0.25, 0.3) is 5.91 Å². The van der Waals surface area contributed by atoms with E-state index < -0.39 is 18.3 Å². The van der Waals surface area contributed by atoms with Gasteiger partial charge in [0.05, 0.1) is 54.4 Å². The molecule has 36 heavy (non-hydrogen) atoms. The molecule has 1 saturated carbocycles. The number of ether oxygens (including phenoxy) is 3. The van der Waals surface area contributed by atoms with Crippen molar-refractivity contribution in [2.75, 3.05) is 24.7 Å². The molecule has 1 aliphatic carbocycles. The second-order valence-electron chi connectivity index (χ2n) is 9.34. The van der Waals surface area contributed by atoms with Crippen LogP contribution in [0.2, 0.25) is 5.02 Å². The first-order chi connectivity index (χ1) is 17.1. The van der Waals surface area contributed by atoms with E-state index in [0.29, 0.717) is 26.1 Å². The number of halogens is 5. The van der Waals surface area contributed by atoms with Crippen molar-refractivity contribution < 1.29 is 36.6 Å². The number of benzene rings is 1. The molecule has 3 aliphatic rings. The topological polar surface area (TPSA) is 77.9 Å². The molecular weight excluding hydrogens is 508 g/mol. The Labute approximate surface area is 209 Å². The van der Waals surface area contributed by atoms with Gasteiger partial charge in [-0.2, -0.15) is 5.10 Å². The minimum Gasteiger partial charge on any atom is -0.484 e. The van der Waals surface area contributed by atoms with Crippen molar-refractivity contribution in [3.05, 3.63) is 41.4 Å². The molecule has 8 nitrogen and oxygen atoms in total. The van der Waals surface area contributed by atoms with Crippen molar-refractivity contribution in [1.82, 2.24) is 15.1 Å². The van der Waals surface area contributed by atoms with Crippen LogP contribution in [0.4, 0.5) is 23.2 Å². The Kier molecular flexibility index (Phi) is 7.01. The number of carbonyl (C=O) groups excluding carboxylic acids is 1. The Balaban J connectivity index is 1.14. The van der Waals surface area contributed by atoms with E-state index in [1.165, 1.54) is 12.1 Å². The molecule has 1 aromatic carbocycles. The van der Waals surface area contributed by atoms with Crippen LogP contribution in [0.5, 0.6) is 5.75 Å². The smallest absolute Gasteiger partial charge is 0.484 e. The van der Waals surface area contributed by atoms with Gasteiger partial charge in [-0.05, 0) is 37.8 Å². The molecule has 196 valence electrons. The highest BCUT2D eigenvalue weighted by Gasteiger charge is 2.43. The number of nitrogens with one attached hydrogen (secondary N) is 1. The SMILES string of the molecule is O=C(COc1ccc(Cl)c(F)c1)NC1CC2COC[C@H](C1)N2c1cnn(C2CC(OC(F)(F)F)C2)c1. The number of fused-ring (bicyclic) bond motifs is 2. The van der Waals surface area contributed by atoms with Crippen molar-refractivity contribution in [2.45, 2.75) is 62.3 Å². The molecule has 2 aliphatic heterocycles.